The first kappa shape index (κ1) is 18.0. The number of anilines is 1. The zero-order chi connectivity index (χ0) is 17.6. The molecule has 5 nitrogen and oxygen atoms in total. The largest absolute Gasteiger partial charge is 0.352 e. The van der Waals surface area contributed by atoms with Crippen LogP contribution in [0.25, 0.3) is 0 Å². The van der Waals surface area contributed by atoms with Gasteiger partial charge < -0.3 is 15.1 Å². The Morgan fingerprint density at radius 1 is 1.16 bits per heavy atom. The van der Waals surface area contributed by atoms with Gasteiger partial charge in [-0.25, -0.2) is 9.78 Å². The molecule has 1 fully saturated rings. The number of hydrogen-bond donors (Lipinski definition) is 1. The lowest BCUT2D eigenvalue weighted by atomic mass is 10.1. The third kappa shape index (κ3) is 4.86. The van der Waals surface area contributed by atoms with Gasteiger partial charge in [0.15, 0.2) is 0 Å². The minimum absolute atomic E-state index is 0.0103. The molecule has 1 aromatic carbocycles. The van der Waals surface area contributed by atoms with Gasteiger partial charge >= 0.3 is 6.03 Å². The van der Waals surface area contributed by atoms with Crippen LogP contribution in [0.1, 0.15) is 5.56 Å². The average Bonchev–Trinajstić information content (AvgIpc) is 2.64. The summed E-state index contributed by atoms with van der Waals surface area (Å²) in [5, 5.41) is 3.64. The van der Waals surface area contributed by atoms with Crippen molar-refractivity contribution in [3.8, 4) is 0 Å². The number of amides is 2. The van der Waals surface area contributed by atoms with Crippen LogP contribution in [0.2, 0.25) is 5.02 Å². The molecular formula is C18H20BrClN4O. The highest BCUT2D eigenvalue weighted by atomic mass is 79.9. The number of nitrogens with one attached hydrogen (secondary N) is 1. The van der Waals surface area contributed by atoms with E-state index in [1.165, 1.54) is 5.56 Å². The number of aromatic nitrogens is 1. The minimum Gasteiger partial charge on any atom is -0.352 e. The number of rotatable bonds is 4. The number of benzene rings is 1. The van der Waals surface area contributed by atoms with Crippen LogP contribution in [0.3, 0.4) is 0 Å². The van der Waals surface area contributed by atoms with E-state index in [0.29, 0.717) is 24.7 Å². The number of carbonyl (C=O) groups is 1. The quantitative estimate of drug-likeness (QED) is 0.818. The zero-order valence-corrected chi connectivity index (χ0v) is 16.1. The van der Waals surface area contributed by atoms with E-state index in [4.69, 9.17) is 11.6 Å². The molecule has 1 saturated heterocycles. The topological polar surface area (TPSA) is 48.5 Å². The van der Waals surface area contributed by atoms with E-state index < -0.39 is 0 Å². The molecule has 0 radical (unpaired) electrons. The summed E-state index contributed by atoms with van der Waals surface area (Å²) < 4.78 is 1.06. The summed E-state index contributed by atoms with van der Waals surface area (Å²) in [7, 11) is 0. The Morgan fingerprint density at radius 3 is 2.56 bits per heavy atom. The van der Waals surface area contributed by atoms with E-state index in [1.807, 2.05) is 29.2 Å². The lowest BCUT2D eigenvalue weighted by molar-refractivity contribution is 0.194. The summed E-state index contributed by atoms with van der Waals surface area (Å²) in [5.74, 6) is 0.791. The number of piperazine rings is 1. The van der Waals surface area contributed by atoms with Gasteiger partial charge in [0.1, 0.15) is 5.82 Å². The maximum absolute atomic E-state index is 12.3. The zero-order valence-electron chi connectivity index (χ0n) is 13.8. The van der Waals surface area contributed by atoms with E-state index in [1.54, 1.807) is 6.20 Å². The molecule has 0 bridgehead atoms. The number of nitrogens with zero attached hydrogens (tertiary/aromatic N) is 3. The van der Waals surface area contributed by atoms with Gasteiger partial charge in [-0.1, -0.05) is 39.7 Å². The number of carbonyl (C=O) groups excluding carboxylic acids is 1. The van der Waals surface area contributed by atoms with Crippen molar-refractivity contribution in [1.29, 1.82) is 0 Å². The first-order valence-electron chi connectivity index (χ1n) is 8.26. The molecule has 0 aliphatic carbocycles. The van der Waals surface area contributed by atoms with Gasteiger partial charge in [-0.15, -0.1) is 0 Å². The van der Waals surface area contributed by atoms with Crippen LogP contribution in [0.4, 0.5) is 10.6 Å². The Kier molecular flexibility index (Phi) is 6.15. The number of pyridine rings is 1. The molecule has 1 aliphatic rings. The van der Waals surface area contributed by atoms with Gasteiger partial charge in [-0.2, -0.15) is 0 Å². The van der Waals surface area contributed by atoms with Crippen LogP contribution < -0.4 is 10.2 Å². The van der Waals surface area contributed by atoms with Crippen molar-refractivity contribution in [3.63, 3.8) is 0 Å². The molecule has 3 rings (SSSR count). The minimum atomic E-state index is -0.0103. The standard InChI is InChI=1S/C18H20BrClN4O/c19-15-5-3-14(4-6-15)7-9-22-18(25)24-12-10-23(11-13-24)17-16(20)2-1-8-21-17/h1-6,8H,7,9-13H2,(H,22,25). The van der Waals surface area contributed by atoms with Crippen LogP contribution in [-0.4, -0.2) is 48.6 Å². The fraction of sp³-hybridized carbons (Fsp3) is 0.333. The van der Waals surface area contributed by atoms with Crippen LogP contribution >= 0.6 is 27.5 Å². The Labute approximate surface area is 161 Å². The fourth-order valence-electron chi connectivity index (χ4n) is 2.81. The summed E-state index contributed by atoms with van der Waals surface area (Å²) in [4.78, 5) is 20.6. The first-order chi connectivity index (χ1) is 12.1. The van der Waals surface area contributed by atoms with Gasteiger partial charge in [0.05, 0.1) is 5.02 Å². The highest BCUT2D eigenvalue weighted by Gasteiger charge is 2.22. The molecular weight excluding hydrogens is 404 g/mol. The second kappa shape index (κ2) is 8.54. The maximum Gasteiger partial charge on any atom is 0.317 e. The van der Waals surface area contributed by atoms with Gasteiger partial charge in [0, 0.05) is 43.4 Å². The molecule has 1 N–H and O–H groups in total. The van der Waals surface area contributed by atoms with Crippen LogP contribution in [-0.2, 0) is 6.42 Å². The Balaban J connectivity index is 1.44. The van der Waals surface area contributed by atoms with Crippen molar-refractivity contribution < 1.29 is 4.79 Å². The van der Waals surface area contributed by atoms with Crippen molar-refractivity contribution in [3.05, 3.63) is 57.7 Å². The first-order valence-corrected chi connectivity index (χ1v) is 9.43. The van der Waals surface area contributed by atoms with Gasteiger partial charge in [-0.3, -0.25) is 0 Å². The lowest BCUT2D eigenvalue weighted by Gasteiger charge is -2.35. The maximum atomic E-state index is 12.3. The highest BCUT2D eigenvalue weighted by molar-refractivity contribution is 9.10. The summed E-state index contributed by atoms with van der Waals surface area (Å²) in [6, 6.07) is 11.8. The highest BCUT2D eigenvalue weighted by Crippen LogP contribution is 2.23. The summed E-state index contributed by atoms with van der Waals surface area (Å²) in [6.45, 7) is 3.43. The number of halogens is 2. The predicted octanol–water partition coefficient (Wildman–Crippen LogP) is 3.57. The number of urea groups is 1. The normalized spacial score (nSPS) is 14.5. The molecule has 132 valence electrons. The van der Waals surface area contributed by atoms with Crippen molar-refractivity contribution >= 4 is 39.4 Å². The second-order valence-electron chi connectivity index (χ2n) is 5.89. The average molecular weight is 424 g/mol. The Hall–Kier alpha value is -1.79. The molecule has 2 amide bonds. The van der Waals surface area contributed by atoms with Gasteiger partial charge in [0.2, 0.25) is 0 Å². The molecule has 2 aromatic rings. The third-order valence-electron chi connectivity index (χ3n) is 4.21. The third-order valence-corrected chi connectivity index (χ3v) is 5.03. The van der Waals surface area contributed by atoms with E-state index in [-0.39, 0.29) is 6.03 Å². The Bertz CT molecular complexity index is 717. The molecule has 2 heterocycles. The van der Waals surface area contributed by atoms with E-state index in [0.717, 1.165) is 29.8 Å². The molecule has 7 heteroatoms. The van der Waals surface area contributed by atoms with Crippen LogP contribution in [0.15, 0.2) is 47.1 Å². The smallest absolute Gasteiger partial charge is 0.317 e. The molecule has 1 aromatic heterocycles. The Morgan fingerprint density at radius 2 is 1.88 bits per heavy atom. The van der Waals surface area contributed by atoms with E-state index >= 15 is 0 Å². The van der Waals surface area contributed by atoms with Gasteiger partial charge in [-0.05, 0) is 36.2 Å². The van der Waals surface area contributed by atoms with Crippen molar-refractivity contribution in [1.82, 2.24) is 15.2 Å². The molecule has 25 heavy (non-hydrogen) atoms. The van der Waals surface area contributed by atoms with Crippen LogP contribution in [0.5, 0.6) is 0 Å². The fourth-order valence-corrected chi connectivity index (χ4v) is 3.31. The lowest BCUT2D eigenvalue weighted by Crippen LogP contribution is -2.52. The van der Waals surface area contributed by atoms with Crippen LogP contribution in [0, 0.1) is 0 Å². The van der Waals surface area contributed by atoms with Gasteiger partial charge in [0.25, 0.3) is 0 Å². The summed E-state index contributed by atoms with van der Waals surface area (Å²) in [5.41, 5.74) is 1.21. The molecule has 0 saturated carbocycles. The monoisotopic (exact) mass is 422 g/mol. The second-order valence-corrected chi connectivity index (χ2v) is 7.21. The summed E-state index contributed by atoms with van der Waals surface area (Å²) in [6.07, 6.45) is 2.56. The van der Waals surface area contributed by atoms with E-state index in [9.17, 15) is 4.79 Å². The number of hydrogen-bond acceptors (Lipinski definition) is 3. The van der Waals surface area contributed by atoms with Crippen molar-refractivity contribution in [2.24, 2.45) is 0 Å². The van der Waals surface area contributed by atoms with Crippen molar-refractivity contribution in [2.75, 3.05) is 37.6 Å². The molecule has 1 aliphatic heterocycles. The van der Waals surface area contributed by atoms with Crippen molar-refractivity contribution in [2.45, 2.75) is 6.42 Å². The predicted molar refractivity (Wildman–Crippen MR) is 104 cm³/mol. The van der Waals surface area contributed by atoms with E-state index in [2.05, 4.69) is 43.3 Å². The molecule has 0 unspecified atom stereocenters. The molecule has 0 atom stereocenters. The summed E-state index contributed by atoms with van der Waals surface area (Å²) >= 11 is 9.61. The molecule has 0 spiro atoms. The SMILES string of the molecule is O=C(NCCc1ccc(Br)cc1)N1CCN(c2ncccc2Cl)CC1.